The molecule has 160 valence electrons. The number of nitrogens with zero attached hydrogens (tertiary/aromatic N) is 3. The van der Waals surface area contributed by atoms with Gasteiger partial charge in [-0.15, -0.1) is 0 Å². The molecule has 2 bridgehead atoms. The molecule has 1 amide bonds. The van der Waals surface area contributed by atoms with Gasteiger partial charge in [-0.3, -0.25) is 9.59 Å². The van der Waals surface area contributed by atoms with Crippen LogP contribution in [0.15, 0.2) is 30.9 Å². The second-order valence-corrected chi connectivity index (χ2v) is 7.92. The first-order chi connectivity index (χ1) is 14.3. The maximum absolute atomic E-state index is 13.1. The Morgan fingerprint density at radius 3 is 2.70 bits per heavy atom. The highest BCUT2D eigenvalue weighted by Gasteiger charge is 2.40. The quantitative estimate of drug-likeness (QED) is 0.719. The molecule has 3 unspecified atom stereocenters. The molecule has 10 heteroatoms. The summed E-state index contributed by atoms with van der Waals surface area (Å²) in [7, 11) is 0. The van der Waals surface area contributed by atoms with Crippen molar-refractivity contribution in [2.75, 3.05) is 11.9 Å². The molecule has 0 saturated heterocycles. The van der Waals surface area contributed by atoms with E-state index >= 15 is 0 Å². The summed E-state index contributed by atoms with van der Waals surface area (Å²) >= 11 is 0. The average Bonchev–Trinajstić information content (AvgIpc) is 3.44. The number of hydrogen-bond acceptors (Lipinski definition) is 5. The summed E-state index contributed by atoms with van der Waals surface area (Å²) in [6, 6.07) is 2.89. The van der Waals surface area contributed by atoms with Gasteiger partial charge in [0.25, 0.3) is 5.91 Å². The second kappa shape index (κ2) is 8.08. The number of nitrogens with one attached hydrogen (secondary N) is 1. The average molecular weight is 422 g/mol. The summed E-state index contributed by atoms with van der Waals surface area (Å²) in [6.45, 7) is -0.563. The number of rotatable bonds is 6. The van der Waals surface area contributed by atoms with Crippen LogP contribution < -0.4 is 5.32 Å². The van der Waals surface area contributed by atoms with E-state index in [9.17, 15) is 22.8 Å². The highest BCUT2D eigenvalue weighted by Crippen LogP contribution is 2.49. The Bertz CT molecular complexity index is 930. The SMILES string of the molecule is O=C(COC(=O)CC1CC2CCC1C2)Nc1cc(C(F)(F)F)ccc1-n1cncn1. The van der Waals surface area contributed by atoms with Crippen LogP contribution in [0.4, 0.5) is 18.9 Å². The minimum absolute atomic E-state index is 0.107. The molecule has 3 atom stereocenters. The van der Waals surface area contributed by atoms with Gasteiger partial charge in [0.1, 0.15) is 12.7 Å². The molecule has 2 aliphatic rings. The van der Waals surface area contributed by atoms with Crippen LogP contribution in [0.2, 0.25) is 0 Å². The third kappa shape index (κ3) is 4.47. The van der Waals surface area contributed by atoms with Gasteiger partial charge in [-0.2, -0.15) is 18.3 Å². The number of esters is 1. The molecule has 2 aromatic rings. The fourth-order valence-electron chi connectivity index (χ4n) is 4.58. The van der Waals surface area contributed by atoms with Crippen LogP contribution in [0.5, 0.6) is 0 Å². The molecule has 0 spiro atoms. The number of carbonyl (C=O) groups is 2. The Morgan fingerprint density at radius 2 is 2.07 bits per heavy atom. The van der Waals surface area contributed by atoms with Gasteiger partial charge in [0.05, 0.1) is 16.9 Å². The van der Waals surface area contributed by atoms with Gasteiger partial charge >= 0.3 is 12.1 Å². The zero-order chi connectivity index (χ0) is 21.3. The van der Waals surface area contributed by atoms with Gasteiger partial charge in [0, 0.05) is 6.42 Å². The van der Waals surface area contributed by atoms with Crippen molar-refractivity contribution in [3.63, 3.8) is 0 Å². The number of halogens is 3. The van der Waals surface area contributed by atoms with Crippen molar-refractivity contribution >= 4 is 17.6 Å². The molecule has 1 N–H and O–H groups in total. The molecular formula is C20H21F3N4O3. The lowest BCUT2D eigenvalue weighted by molar-refractivity contribution is -0.148. The van der Waals surface area contributed by atoms with Crippen LogP contribution in [0, 0.1) is 17.8 Å². The second-order valence-electron chi connectivity index (χ2n) is 7.92. The maximum atomic E-state index is 13.1. The number of ether oxygens (including phenoxy) is 1. The first kappa shape index (κ1) is 20.4. The van der Waals surface area contributed by atoms with E-state index in [1.165, 1.54) is 36.2 Å². The summed E-state index contributed by atoms with van der Waals surface area (Å²) in [4.78, 5) is 28.1. The van der Waals surface area contributed by atoms with Crippen molar-refractivity contribution < 1.29 is 27.5 Å². The van der Waals surface area contributed by atoms with Crippen molar-refractivity contribution in [1.29, 1.82) is 0 Å². The molecule has 0 aliphatic heterocycles. The smallest absolute Gasteiger partial charge is 0.416 e. The minimum atomic E-state index is -4.58. The van der Waals surface area contributed by atoms with E-state index in [4.69, 9.17) is 4.74 Å². The van der Waals surface area contributed by atoms with Crippen LogP contribution in [-0.2, 0) is 20.5 Å². The van der Waals surface area contributed by atoms with E-state index in [-0.39, 0.29) is 17.8 Å². The van der Waals surface area contributed by atoms with E-state index in [0.717, 1.165) is 25.0 Å². The van der Waals surface area contributed by atoms with E-state index in [2.05, 4.69) is 15.4 Å². The van der Waals surface area contributed by atoms with Crippen molar-refractivity contribution in [3.8, 4) is 5.69 Å². The molecule has 4 rings (SSSR count). The Balaban J connectivity index is 1.38. The Kier molecular flexibility index (Phi) is 5.48. The molecule has 7 nitrogen and oxygen atoms in total. The number of alkyl halides is 3. The third-order valence-electron chi connectivity index (χ3n) is 5.94. The van der Waals surface area contributed by atoms with Gasteiger partial charge in [-0.1, -0.05) is 6.42 Å². The number of fused-ring (bicyclic) bond motifs is 2. The molecule has 30 heavy (non-hydrogen) atoms. The normalized spacial score (nSPS) is 22.8. The maximum Gasteiger partial charge on any atom is 0.416 e. The molecule has 2 saturated carbocycles. The Labute approximate surface area is 170 Å². The molecular weight excluding hydrogens is 401 g/mol. The zero-order valence-corrected chi connectivity index (χ0v) is 16.1. The fourth-order valence-corrected chi connectivity index (χ4v) is 4.58. The minimum Gasteiger partial charge on any atom is -0.456 e. The lowest BCUT2D eigenvalue weighted by Gasteiger charge is -2.20. The van der Waals surface area contributed by atoms with Gasteiger partial charge in [0.2, 0.25) is 0 Å². The zero-order valence-electron chi connectivity index (χ0n) is 16.1. The predicted octanol–water partition coefficient (Wildman–Crippen LogP) is 3.59. The highest BCUT2D eigenvalue weighted by molar-refractivity contribution is 5.94. The fraction of sp³-hybridized carbons (Fsp3) is 0.500. The van der Waals surface area contributed by atoms with Crippen molar-refractivity contribution in [2.24, 2.45) is 17.8 Å². The monoisotopic (exact) mass is 422 g/mol. The lowest BCUT2D eigenvalue weighted by Crippen LogP contribution is -2.24. The summed E-state index contributed by atoms with van der Waals surface area (Å²) in [6.07, 6.45) is 2.79. The van der Waals surface area contributed by atoms with E-state index in [0.29, 0.717) is 17.8 Å². The van der Waals surface area contributed by atoms with E-state index < -0.39 is 30.2 Å². The first-order valence-corrected chi connectivity index (χ1v) is 9.81. The summed E-state index contributed by atoms with van der Waals surface area (Å²) in [5, 5.41) is 6.27. The lowest BCUT2D eigenvalue weighted by atomic mass is 9.86. The van der Waals surface area contributed by atoms with Crippen LogP contribution in [-0.4, -0.2) is 33.2 Å². The van der Waals surface area contributed by atoms with Gasteiger partial charge in [-0.25, -0.2) is 9.67 Å². The predicted molar refractivity (Wildman–Crippen MR) is 99.5 cm³/mol. The molecule has 1 aromatic carbocycles. The number of anilines is 1. The molecule has 0 radical (unpaired) electrons. The first-order valence-electron chi connectivity index (χ1n) is 9.81. The highest BCUT2D eigenvalue weighted by atomic mass is 19.4. The van der Waals surface area contributed by atoms with Crippen LogP contribution in [0.1, 0.15) is 37.7 Å². The van der Waals surface area contributed by atoms with Crippen LogP contribution >= 0.6 is 0 Å². The summed E-state index contributed by atoms with van der Waals surface area (Å²) in [5.41, 5.74) is -0.818. The number of aromatic nitrogens is 3. The van der Waals surface area contributed by atoms with Gasteiger partial charge in [0.15, 0.2) is 6.61 Å². The van der Waals surface area contributed by atoms with E-state index in [1.807, 2.05) is 0 Å². The number of carbonyl (C=O) groups excluding carboxylic acids is 2. The molecule has 2 fully saturated rings. The largest absolute Gasteiger partial charge is 0.456 e. The van der Waals surface area contributed by atoms with Crippen molar-refractivity contribution in [3.05, 3.63) is 36.4 Å². The molecule has 1 heterocycles. The third-order valence-corrected chi connectivity index (χ3v) is 5.94. The van der Waals surface area contributed by atoms with Crippen LogP contribution in [0.3, 0.4) is 0 Å². The summed E-state index contributed by atoms with van der Waals surface area (Å²) in [5.74, 6) is 0.390. The van der Waals surface area contributed by atoms with Gasteiger partial charge < -0.3 is 10.1 Å². The standard InChI is InChI=1S/C20H21F3N4O3/c21-20(22,23)15-3-4-17(27-11-24-10-25-27)16(8-15)26-18(28)9-30-19(29)7-14-6-12-1-2-13(14)5-12/h3-4,8,10-14H,1-2,5-7,9H2,(H,26,28). The number of benzene rings is 1. The van der Waals surface area contributed by atoms with E-state index in [1.54, 1.807) is 0 Å². The Morgan fingerprint density at radius 1 is 1.23 bits per heavy atom. The van der Waals surface area contributed by atoms with Crippen molar-refractivity contribution in [1.82, 2.24) is 14.8 Å². The molecule has 2 aliphatic carbocycles. The Hall–Kier alpha value is -2.91. The topological polar surface area (TPSA) is 86.1 Å². The van der Waals surface area contributed by atoms with Gasteiger partial charge in [-0.05, 0) is 55.2 Å². The summed E-state index contributed by atoms with van der Waals surface area (Å²) < 4.78 is 45.5. The number of amides is 1. The number of hydrogen-bond donors (Lipinski definition) is 1. The van der Waals surface area contributed by atoms with Crippen LogP contribution in [0.25, 0.3) is 5.69 Å². The molecule has 1 aromatic heterocycles. The van der Waals surface area contributed by atoms with Crippen molar-refractivity contribution in [2.45, 2.75) is 38.3 Å².